The summed E-state index contributed by atoms with van der Waals surface area (Å²) in [5, 5.41) is 2.01. The van der Waals surface area contributed by atoms with Gasteiger partial charge in [-0.3, -0.25) is 0 Å². The molecule has 1 unspecified atom stereocenters. The number of nitrogens with two attached hydrogens (primary N) is 1. The van der Waals surface area contributed by atoms with Crippen LogP contribution in [0.25, 0.3) is 0 Å². The van der Waals surface area contributed by atoms with Crippen LogP contribution in [0.15, 0.2) is 34.1 Å². The molecular weight excluding hydrogens is 317 g/mol. The van der Waals surface area contributed by atoms with Gasteiger partial charge >= 0.3 is 0 Å². The molecule has 2 rings (SSSR count). The molecule has 1 atom stereocenters. The van der Waals surface area contributed by atoms with Crippen molar-refractivity contribution in [3.05, 3.63) is 50.4 Å². The third kappa shape index (κ3) is 3.10. The summed E-state index contributed by atoms with van der Waals surface area (Å²) in [5.41, 5.74) is 6.86. The zero-order valence-corrected chi connectivity index (χ0v) is 12.2. The number of rotatable bonds is 4. The van der Waals surface area contributed by atoms with Gasteiger partial charge in [0.05, 0.1) is 7.11 Å². The summed E-state index contributed by atoms with van der Waals surface area (Å²) in [5.74, 6) is -0.136. The van der Waals surface area contributed by atoms with Gasteiger partial charge in [0.25, 0.3) is 0 Å². The summed E-state index contributed by atoms with van der Waals surface area (Å²) in [7, 11) is 1.45. The van der Waals surface area contributed by atoms with E-state index in [1.165, 1.54) is 18.1 Å². The van der Waals surface area contributed by atoms with E-state index in [-0.39, 0.29) is 17.6 Å². The number of halogens is 2. The van der Waals surface area contributed by atoms with Crippen LogP contribution in [-0.4, -0.2) is 7.11 Å². The lowest BCUT2D eigenvalue weighted by atomic mass is 10.0. The molecule has 2 nitrogen and oxygen atoms in total. The van der Waals surface area contributed by atoms with Crippen LogP contribution in [0.1, 0.15) is 16.5 Å². The second-order valence-corrected chi connectivity index (χ2v) is 5.85. The fraction of sp³-hybridized carbons (Fsp3) is 0.231. The minimum absolute atomic E-state index is 0.212. The zero-order valence-electron chi connectivity index (χ0n) is 9.82. The number of hydrogen-bond acceptors (Lipinski definition) is 3. The third-order valence-corrected chi connectivity index (χ3v) is 4.37. The maximum atomic E-state index is 13.6. The van der Waals surface area contributed by atoms with Crippen LogP contribution in [-0.2, 0) is 6.42 Å². The summed E-state index contributed by atoms with van der Waals surface area (Å²) in [6, 6.07) is 6.66. The van der Waals surface area contributed by atoms with Crippen molar-refractivity contribution >= 4 is 27.3 Å². The van der Waals surface area contributed by atoms with Crippen molar-refractivity contribution in [2.24, 2.45) is 5.73 Å². The van der Waals surface area contributed by atoms with Gasteiger partial charge in [-0.1, -0.05) is 6.07 Å². The molecule has 0 aliphatic rings. The van der Waals surface area contributed by atoms with Gasteiger partial charge in [0.1, 0.15) is 0 Å². The highest BCUT2D eigenvalue weighted by atomic mass is 79.9. The van der Waals surface area contributed by atoms with Crippen molar-refractivity contribution in [1.82, 2.24) is 0 Å². The lowest BCUT2D eigenvalue weighted by Crippen LogP contribution is -2.13. The van der Waals surface area contributed by atoms with E-state index in [0.717, 1.165) is 10.0 Å². The lowest BCUT2D eigenvalue weighted by molar-refractivity contribution is 0.386. The summed E-state index contributed by atoms with van der Waals surface area (Å²) in [4.78, 5) is 1.17. The van der Waals surface area contributed by atoms with Gasteiger partial charge in [0, 0.05) is 27.2 Å². The van der Waals surface area contributed by atoms with Crippen molar-refractivity contribution in [2.45, 2.75) is 12.5 Å². The average Bonchev–Trinajstić information content (AvgIpc) is 2.74. The first kappa shape index (κ1) is 13.5. The molecule has 0 aliphatic carbocycles. The maximum absolute atomic E-state index is 13.6. The summed E-state index contributed by atoms with van der Waals surface area (Å²) in [6.45, 7) is 0. The zero-order chi connectivity index (χ0) is 13.1. The van der Waals surface area contributed by atoms with Gasteiger partial charge in [-0.25, -0.2) is 4.39 Å². The molecule has 1 heterocycles. The third-order valence-electron chi connectivity index (χ3n) is 2.65. The Labute approximate surface area is 118 Å². The molecule has 0 radical (unpaired) electrons. The van der Waals surface area contributed by atoms with Crippen LogP contribution >= 0.6 is 27.3 Å². The lowest BCUT2D eigenvalue weighted by Gasteiger charge is -2.12. The van der Waals surface area contributed by atoms with E-state index in [1.807, 2.05) is 11.4 Å². The number of thiophene rings is 1. The molecule has 2 aromatic rings. The molecule has 5 heteroatoms. The Balaban J connectivity index is 2.13. The molecular formula is C13H13BrFNOS. The minimum atomic E-state index is -0.377. The van der Waals surface area contributed by atoms with Crippen LogP contribution in [0.5, 0.6) is 5.75 Å². The Kier molecular flexibility index (Phi) is 4.37. The first-order valence-corrected chi connectivity index (χ1v) is 7.09. The molecule has 0 fully saturated rings. The summed E-state index contributed by atoms with van der Waals surface area (Å²) in [6.07, 6.45) is 0.696. The van der Waals surface area contributed by atoms with Crippen LogP contribution in [0.4, 0.5) is 4.39 Å². The Morgan fingerprint density at radius 2 is 2.22 bits per heavy atom. The Hall–Kier alpha value is -0.910. The predicted molar refractivity (Wildman–Crippen MR) is 75.6 cm³/mol. The van der Waals surface area contributed by atoms with Gasteiger partial charge in [0.2, 0.25) is 0 Å². The van der Waals surface area contributed by atoms with Crippen molar-refractivity contribution in [2.75, 3.05) is 7.11 Å². The molecule has 2 N–H and O–H groups in total. The summed E-state index contributed by atoms with van der Waals surface area (Å²) >= 11 is 5.04. The normalized spacial score (nSPS) is 12.4. The van der Waals surface area contributed by atoms with Gasteiger partial charge in [-0.2, -0.15) is 0 Å². The average molecular weight is 330 g/mol. The van der Waals surface area contributed by atoms with Crippen LogP contribution in [0.2, 0.25) is 0 Å². The van der Waals surface area contributed by atoms with Crippen LogP contribution in [0, 0.1) is 5.82 Å². The molecule has 18 heavy (non-hydrogen) atoms. The van der Waals surface area contributed by atoms with Gasteiger partial charge in [0.15, 0.2) is 11.6 Å². The first-order valence-electron chi connectivity index (χ1n) is 5.42. The standard InChI is InChI=1S/C13H13BrFNOS/c1-17-13-3-2-8(4-11(13)15)12(16)6-10-5-9(14)7-18-10/h2-5,7,12H,6,16H2,1H3. The van der Waals surface area contributed by atoms with E-state index < -0.39 is 0 Å². The minimum Gasteiger partial charge on any atom is -0.494 e. The second-order valence-electron chi connectivity index (χ2n) is 3.94. The van der Waals surface area contributed by atoms with Crippen molar-refractivity contribution in [3.63, 3.8) is 0 Å². The molecule has 0 spiro atoms. The molecule has 0 bridgehead atoms. The maximum Gasteiger partial charge on any atom is 0.165 e. The van der Waals surface area contributed by atoms with E-state index in [4.69, 9.17) is 10.5 Å². The van der Waals surface area contributed by atoms with Crippen LogP contribution < -0.4 is 10.5 Å². The molecule has 1 aromatic heterocycles. The van der Waals surface area contributed by atoms with Crippen molar-refractivity contribution in [3.8, 4) is 5.75 Å². The van der Waals surface area contributed by atoms with E-state index in [9.17, 15) is 4.39 Å². The monoisotopic (exact) mass is 329 g/mol. The molecule has 1 aromatic carbocycles. The van der Waals surface area contributed by atoms with E-state index >= 15 is 0 Å². The SMILES string of the molecule is COc1ccc(C(N)Cc2cc(Br)cs2)cc1F. The largest absolute Gasteiger partial charge is 0.494 e. The Morgan fingerprint density at radius 3 is 2.78 bits per heavy atom. The number of methoxy groups -OCH3 is 1. The van der Waals surface area contributed by atoms with Crippen molar-refractivity contribution in [1.29, 1.82) is 0 Å². The molecule has 0 saturated carbocycles. The molecule has 96 valence electrons. The smallest absolute Gasteiger partial charge is 0.165 e. The van der Waals surface area contributed by atoms with Crippen LogP contribution in [0.3, 0.4) is 0 Å². The fourth-order valence-electron chi connectivity index (χ4n) is 1.71. The highest BCUT2D eigenvalue weighted by molar-refractivity contribution is 9.10. The molecule has 0 amide bonds. The highest BCUT2D eigenvalue weighted by Crippen LogP contribution is 2.26. The Morgan fingerprint density at radius 1 is 1.44 bits per heavy atom. The van der Waals surface area contributed by atoms with Gasteiger partial charge < -0.3 is 10.5 Å². The number of hydrogen-bond donors (Lipinski definition) is 1. The molecule has 0 saturated heterocycles. The summed E-state index contributed by atoms with van der Waals surface area (Å²) < 4.78 is 19.5. The van der Waals surface area contributed by atoms with Crippen molar-refractivity contribution < 1.29 is 9.13 Å². The molecule has 0 aliphatic heterocycles. The van der Waals surface area contributed by atoms with E-state index in [0.29, 0.717) is 6.42 Å². The quantitative estimate of drug-likeness (QED) is 0.923. The topological polar surface area (TPSA) is 35.2 Å². The van der Waals surface area contributed by atoms with E-state index in [2.05, 4.69) is 15.9 Å². The fourth-order valence-corrected chi connectivity index (χ4v) is 3.22. The second kappa shape index (κ2) is 5.82. The van der Waals surface area contributed by atoms with Gasteiger partial charge in [-0.05, 0) is 39.7 Å². The number of ether oxygens (including phenoxy) is 1. The predicted octanol–water partition coefficient (Wildman–Crippen LogP) is 3.90. The van der Waals surface area contributed by atoms with Gasteiger partial charge in [-0.15, -0.1) is 11.3 Å². The Bertz CT molecular complexity index is 544. The number of benzene rings is 1. The van der Waals surface area contributed by atoms with E-state index in [1.54, 1.807) is 23.5 Å². The first-order chi connectivity index (χ1) is 8.60. The highest BCUT2D eigenvalue weighted by Gasteiger charge is 2.11.